The Morgan fingerprint density at radius 1 is 1.05 bits per heavy atom. The number of benzene rings is 2. The summed E-state index contributed by atoms with van der Waals surface area (Å²) in [6.07, 6.45) is 0. The quantitative estimate of drug-likeness (QED) is 0.821. The normalized spacial score (nSPS) is 10.7. The maximum Gasteiger partial charge on any atom is 0.337 e. The summed E-state index contributed by atoms with van der Waals surface area (Å²) >= 11 is 0. The number of para-hydroxylation sites is 1. The number of carbonyl (C=O) groups is 1. The largest absolute Gasteiger partial charge is 0.478 e. The number of hydrogen-bond donors (Lipinski definition) is 2. The molecule has 0 fully saturated rings. The maximum absolute atomic E-state index is 11.1. The zero-order valence-electron chi connectivity index (χ0n) is 11.1. The fraction of sp³-hybridized carbons (Fsp3) is 0.188. The highest BCUT2D eigenvalue weighted by molar-refractivity contribution is 5.98. The van der Waals surface area contributed by atoms with Crippen LogP contribution in [0.2, 0.25) is 0 Å². The molecule has 3 N–H and O–H groups in total. The number of carboxylic acid groups (broad SMARTS) is 1. The first-order valence-electron chi connectivity index (χ1n) is 6.23. The van der Waals surface area contributed by atoms with Gasteiger partial charge in [0.25, 0.3) is 0 Å². The summed E-state index contributed by atoms with van der Waals surface area (Å²) in [7, 11) is 0. The van der Waals surface area contributed by atoms with Crippen molar-refractivity contribution in [2.75, 3.05) is 5.73 Å². The molecule has 0 saturated carbocycles. The van der Waals surface area contributed by atoms with E-state index in [1.54, 1.807) is 6.07 Å². The number of hydrogen-bond acceptors (Lipinski definition) is 2. The van der Waals surface area contributed by atoms with Crippen molar-refractivity contribution in [2.24, 2.45) is 0 Å². The minimum atomic E-state index is -0.999. The van der Waals surface area contributed by atoms with E-state index in [2.05, 4.69) is 13.8 Å². The molecule has 0 aromatic heterocycles. The van der Waals surface area contributed by atoms with Gasteiger partial charge in [0.05, 0.1) is 11.3 Å². The lowest BCUT2D eigenvalue weighted by Gasteiger charge is -2.15. The molecule has 0 spiro atoms. The van der Waals surface area contributed by atoms with Gasteiger partial charge >= 0.3 is 5.97 Å². The predicted molar refractivity (Wildman–Crippen MR) is 77.3 cm³/mol. The molecule has 0 bridgehead atoms. The third-order valence-corrected chi connectivity index (χ3v) is 3.21. The lowest BCUT2D eigenvalue weighted by Crippen LogP contribution is -2.04. The van der Waals surface area contributed by atoms with Crippen LogP contribution >= 0.6 is 0 Å². The summed E-state index contributed by atoms with van der Waals surface area (Å²) in [5, 5.41) is 9.14. The smallest absolute Gasteiger partial charge is 0.337 e. The van der Waals surface area contributed by atoms with Crippen LogP contribution in [0.15, 0.2) is 42.5 Å². The minimum Gasteiger partial charge on any atom is -0.478 e. The first-order chi connectivity index (χ1) is 9.02. The Bertz CT molecular complexity index is 618. The number of carboxylic acids is 1. The second kappa shape index (κ2) is 5.14. The number of aromatic carboxylic acids is 1. The highest BCUT2D eigenvalue weighted by atomic mass is 16.4. The van der Waals surface area contributed by atoms with Crippen molar-refractivity contribution in [1.29, 1.82) is 0 Å². The van der Waals surface area contributed by atoms with Crippen molar-refractivity contribution in [3.8, 4) is 11.1 Å². The van der Waals surface area contributed by atoms with Crippen LogP contribution in [0.1, 0.15) is 35.7 Å². The zero-order chi connectivity index (χ0) is 14.0. The highest BCUT2D eigenvalue weighted by Crippen LogP contribution is 2.34. The molecular formula is C16H17NO2. The van der Waals surface area contributed by atoms with Crippen LogP contribution in [0.4, 0.5) is 5.69 Å². The molecule has 0 atom stereocenters. The van der Waals surface area contributed by atoms with Crippen LogP contribution in [0, 0.1) is 0 Å². The molecule has 0 amide bonds. The molecule has 0 aliphatic rings. The van der Waals surface area contributed by atoms with Crippen LogP contribution in [0.5, 0.6) is 0 Å². The van der Waals surface area contributed by atoms with Crippen LogP contribution in [-0.2, 0) is 0 Å². The van der Waals surface area contributed by atoms with Crippen molar-refractivity contribution < 1.29 is 9.90 Å². The SMILES string of the molecule is CC(C)c1ccccc1-c1cccc(C(=O)O)c1N. The van der Waals surface area contributed by atoms with E-state index in [1.165, 1.54) is 6.07 Å². The second-order valence-corrected chi connectivity index (χ2v) is 4.81. The molecule has 3 nitrogen and oxygen atoms in total. The van der Waals surface area contributed by atoms with Gasteiger partial charge in [0, 0.05) is 5.56 Å². The average Bonchev–Trinajstić information content (AvgIpc) is 2.38. The van der Waals surface area contributed by atoms with Crippen LogP contribution in [0.25, 0.3) is 11.1 Å². The molecule has 2 rings (SSSR count). The van der Waals surface area contributed by atoms with Gasteiger partial charge in [-0.2, -0.15) is 0 Å². The number of anilines is 1. The maximum atomic E-state index is 11.1. The Hall–Kier alpha value is -2.29. The molecule has 0 unspecified atom stereocenters. The monoisotopic (exact) mass is 255 g/mol. The predicted octanol–water partition coefficient (Wildman–Crippen LogP) is 3.76. The van der Waals surface area contributed by atoms with Gasteiger partial charge in [-0.1, -0.05) is 50.2 Å². The average molecular weight is 255 g/mol. The van der Waals surface area contributed by atoms with E-state index < -0.39 is 5.97 Å². The first-order valence-corrected chi connectivity index (χ1v) is 6.23. The van der Waals surface area contributed by atoms with Gasteiger partial charge in [0.15, 0.2) is 0 Å². The first kappa shape index (κ1) is 13.1. The van der Waals surface area contributed by atoms with E-state index in [-0.39, 0.29) is 5.56 Å². The van der Waals surface area contributed by atoms with Crippen molar-refractivity contribution in [1.82, 2.24) is 0 Å². The van der Waals surface area contributed by atoms with Crippen molar-refractivity contribution in [3.05, 3.63) is 53.6 Å². The molecule has 98 valence electrons. The Morgan fingerprint density at radius 3 is 2.32 bits per heavy atom. The topological polar surface area (TPSA) is 63.3 Å². The molecule has 0 aliphatic heterocycles. The van der Waals surface area contributed by atoms with E-state index in [1.807, 2.05) is 30.3 Å². The Kier molecular flexibility index (Phi) is 3.56. The summed E-state index contributed by atoms with van der Waals surface area (Å²) in [6, 6.07) is 13.1. The van der Waals surface area contributed by atoms with Crippen molar-refractivity contribution in [2.45, 2.75) is 19.8 Å². The molecule has 19 heavy (non-hydrogen) atoms. The summed E-state index contributed by atoms with van der Waals surface area (Å²) in [5.74, 6) is -0.648. The Balaban J connectivity index is 2.66. The van der Waals surface area contributed by atoms with Gasteiger partial charge in [-0.05, 0) is 23.1 Å². The van der Waals surface area contributed by atoms with Gasteiger partial charge < -0.3 is 10.8 Å². The molecule has 0 aliphatic carbocycles. The van der Waals surface area contributed by atoms with Gasteiger partial charge in [0.1, 0.15) is 0 Å². The zero-order valence-corrected chi connectivity index (χ0v) is 11.1. The van der Waals surface area contributed by atoms with Crippen LogP contribution in [-0.4, -0.2) is 11.1 Å². The van der Waals surface area contributed by atoms with Crippen LogP contribution in [0.3, 0.4) is 0 Å². The van der Waals surface area contributed by atoms with Gasteiger partial charge in [-0.15, -0.1) is 0 Å². The van der Waals surface area contributed by atoms with E-state index >= 15 is 0 Å². The number of nitrogens with two attached hydrogens (primary N) is 1. The summed E-state index contributed by atoms with van der Waals surface area (Å²) in [6.45, 7) is 4.21. The standard InChI is InChI=1S/C16H17NO2/c1-10(2)11-6-3-4-7-12(11)13-8-5-9-14(15(13)17)16(18)19/h3-10H,17H2,1-2H3,(H,18,19). The lowest BCUT2D eigenvalue weighted by atomic mass is 9.91. The summed E-state index contributed by atoms with van der Waals surface area (Å²) < 4.78 is 0. The number of nitrogen functional groups attached to an aromatic ring is 1. The fourth-order valence-corrected chi connectivity index (χ4v) is 2.23. The van der Waals surface area contributed by atoms with E-state index in [4.69, 9.17) is 10.8 Å². The molecule has 0 saturated heterocycles. The molecule has 3 heteroatoms. The molecule has 0 radical (unpaired) electrons. The number of rotatable bonds is 3. The third-order valence-electron chi connectivity index (χ3n) is 3.21. The molecule has 2 aromatic carbocycles. The van der Waals surface area contributed by atoms with E-state index in [0.29, 0.717) is 11.6 Å². The molecular weight excluding hydrogens is 238 g/mol. The summed E-state index contributed by atoms with van der Waals surface area (Å²) in [4.78, 5) is 11.1. The summed E-state index contributed by atoms with van der Waals surface area (Å²) in [5.41, 5.74) is 9.42. The third kappa shape index (κ3) is 2.45. The fourth-order valence-electron chi connectivity index (χ4n) is 2.23. The Labute approximate surface area is 112 Å². The Morgan fingerprint density at radius 2 is 1.68 bits per heavy atom. The minimum absolute atomic E-state index is 0.149. The van der Waals surface area contributed by atoms with Crippen molar-refractivity contribution in [3.63, 3.8) is 0 Å². The van der Waals surface area contributed by atoms with Gasteiger partial charge in [-0.3, -0.25) is 0 Å². The van der Waals surface area contributed by atoms with Crippen LogP contribution < -0.4 is 5.73 Å². The lowest BCUT2D eigenvalue weighted by molar-refractivity contribution is 0.0698. The van der Waals surface area contributed by atoms with Gasteiger partial charge in [-0.25, -0.2) is 4.79 Å². The molecule has 2 aromatic rings. The van der Waals surface area contributed by atoms with E-state index in [0.717, 1.165) is 16.7 Å². The van der Waals surface area contributed by atoms with Gasteiger partial charge in [0.2, 0.25) is 0 Å². The van der Waals surface area contributed by atoms with Crippen molar-refractivity contribution >= 4 is 11.7 Å². The second-order valence-electron chi connectivity index (χ2n) is 4.81. The highest BCUT2D eigenvalue weighted by Gasteiger charge is 2.15. The molecule has 0 heterocycles. The van der Waals surface area contributed by atoms with E-state index in [9.17, 15) is 4.79 Å².